The third kappa shape index (κ3) is 1.81. The van der Waals surface area contributed by atoms with Crippen molar-refractivity contribution in [3.05, 3.63) is 30.0 Å². The van der Waals surface area contributed by atoms with E-state index in [4.69, 9.17) is 5.11 Å². The van der Waals surface area contributed by atoms with Crippen molar-refractivity contribution in [2.45, 2.75) is 6.61 Å². The molecular weight excluding hydrogens is 220 g/mol. The summed E-state index contributed by atoms with van der Waals surface area (Å²) in [6.45, 7) is -2.93. The van der Waals surface area contributed by atoms with Crippen molar-refractivity contribution >= 4 is 16.9 Å². The Morgan fingerprint density at radius 1 is 1.44 bits per heavy atom. The number of rotatable bonds is 3. The molecule has 0 saturated heterocycles. The number of benzene rings is 1. The molecule has 4 nitrogen and oxygen atoms in total. The highest BCUT2D eigenvalue weighted by Crippen LogP contribution is 2.24. The van der Waals surface area contributed by atoms with E-state index in [0.717, 1.165) is 0 Å². The van der Waals surface area contributed by atoms with Crippen molar-refractivity contribution in [2.24, 2.45) is 0 Å². The van der Waals surface area contributed by atoms with Gasteiger partial charge in [-0.15, -0.1) is 0 Å². The first-order chi connectivity index (χ1) is 7.58. The molecule has 16 heavy (non-hydrogen) atoms. The monoisotopic (exact) mass is 227 g/mol. The number of fused-ring (bicyclic) bond motifs is 1. The number of H-pyrrole nitrogens is 1. The van der Waals surface area contributed by atoms with Gasteiger partial charge in [-0.1, -0.05) is 0 Å². The van der Waals surface area contributed by atoms with Gasteiger partial charge >= 0.3 is 12.6 Å². The van der Waals surface area contributed by atoms with Crippen LogP contribution in [0.3, 0.4) is 0 Å². The lowest BCUT2D eigenvalue weighted by atomic mass is 10.2. The van der Waals surface area contributed by atoms with Crippen LogP contribution in [0.2, 0.25) is 0 Å². The number of hydrogen-bond donors (Lipinski definition) is 2. The van der Waals surface area contributed by atoms with E-state index in [2.05, 4.69) is 9.72 Å². The first-order valence-electron chi connectivity index (χ1n) is 4.37. The summed E-state index contributed by atoms with van der Waals surface area (Å²) in [5, 5.41) is 9.17. The Kier molecular flexibility index (Phi) is 2.47. The average Bonchev–Trinajstić information content (AvgIpc) is 2.59. The van der Waals surface area contributed by atoms with E-state index in [1.165, 1.54) is 24.4 Å². The fourth-order valence-electron chi connectivity index (χ4n) is 1.45. The Bertz CT molecular complexity index is 536. The standard InChI is InChI=1S/C10H7F2NO3/c11-10(12)16-5-1-2-8-6(3-5)7(4-13-8)9(14)15/h1-4,10,13H,(H,14,15). The zero-order chi connectivity index (χ0) is 11.7. The molecule has 1 aromatic heterocycles. The van der Waals surface area contributed by atoms with Crippen LogP contribution in [0.4, 0.5) is 8.78 Å². The summed E-state index contributed by atoms with van der Waals surface area (Å²) >= 11 is 0. The second-order valence-corrected chi connectivity index (χ2v) is 3.09. The third-order valence-electron chi connectivity index (χ3n) is 2.11. The number of carboxylic acid groups (broad SMARTS) is 1. The fraction of sp³-hybridized carbons (Fsp3) is 0.100. The smallest absolute Gasteiger partial charge is 0.387 e. The normalized spacial score (nSPS) is 10.9. The largest absolute Gasteiger partial charge is 0.478 e. The van der Waals surface area contributed by atoms with E-state index in [1.54, 1.807) is 0 Å². The van der Waals surface area contributed by atoms with Crippen molar-refractivity contribution in [1.82, 2.24) is 4.98 Å². The van der Waals surface area contributed by atoms with Gasteiger partial charge in [0.15, 0.2) is 0 Å². The van der Waals surface area contributed by atoms with Crippen LogP contribution < -0.4 is 4.74 Å². The molecule has 2 N–H and O–H groups in total. The molecule has 2 aromatic rings. The zero-order valence-electron chi connectivity index (χ0n) is 7.91. The van der Waals surface area contributed by atoms with E-state index in [0.29, 0.717) is 10.9 Å². The van der Waals surface area contributed by atoms with Gasteiger partial charge in [0.2, 0.25) is 0 Å². The summed E-state index contributed by atoms with van der Waals surface area (Å²) in [6.07, 6.45) is 1.30. The predicted octanol–water partition coefficient (Wildman–Crippen LogP) is 2.47. The van der Waals surface area contributed by atoms with Crippen molar-refractivity contribution in [1.29, 1.82) is 0 Å². The van der Waals surface area contributed by atoms with Crippen molar-refractivity contribution in [2.75, 3.05) is 0 Å². The quantitative estimate of drug-likeness (QED) is 0.846. The van der Waals surface area contributed by atoms with Gasteiger partial charge < -0.3 is 14.8 Å². The first-order valence-corrected chi connectivity index (χ1v) is 4.37. The van der Waals surface area contributed by atoms with Gasteiger partial charge in [-0.25, -0.2) is 4.79 Å². The molecular formula is C10H7F2NO3. The maximum atomic E-state index is 12.0. The molecule has 0 aliphatic heterocycles. The van der Waals surface area contributed by atoms with Crippen LogP contribution in [0.5, 0.6) is 5.75 Å². The van der Waals surface area contributed by atoms with E-state index in [9.17, 15) is 13.6 Å². The van der Waals surface area contributed by atoms with E-state index < -0.39 is 12.6 Å². The van der Waals surface area contributed by atoms with Crippen molar-refractivity contribution in [3.8, 4) is 5.75 Å². The van der Waals surface area contributed by atoms with Crippen LogP contribution in [-0.4, -0.2) is 22.7 Å². The molecule has 1 heterocycles. The summed E-state index contributed by atoms with van der Waals surface area (Å²) in [5.41, 5.74) is 0.578. The van der Waals surface area contributed by atoms with Gasteiger partial charge in [-0.3, -0.25) is 0 Å². The number of aromatic carboxylic acids is 1. The van der Waals surface area contributed by atoms with Crippen LogP contribution in [0.15, 0.2) is 24.4 Å². The lowest BCUT2D eigenvalue weighted by molar-refractivity contribution is -0.0497. The summed E-state index contributed by atoms with van der Waals surface area (Å²) in [5.74, 6) is -1.19. The van der Waals surface area contributed by atoms with Crippen LogP contribution in [-0.2, 0) is 0 Å². The van der Waals surface area contributed by atoms with Crippen LogP contribution in [0.1, 0.15) is 10.4 Å². The molecule has 84 valence electrons. The topological polar surface area (TPSA) is 62.3 Å². The lowest BCUT2D eigenvalue weighted by Crippen LogP contribution is -2.01. The molecule has 0 radical (unpaired) electrons. The third-order valence-corrected chi connectivity index (χ3v) is 2.11. The Labute approximate surface area is 88.5 Å². The fourth-order valence-corrected chi connectivity index (χ4v) is 1.45. The molecule has 0 amide bonds. The number of halogens is 2. The van der Waals surface area contributed by atoms with Crippen molar-refractivity contribution < 1.29 is 23.4 Å². The number of hydrogen-bond acceptors (Lipinski definition) is 2. The Morgan fingerprint density at radius 2 is 2.19 bits per heavy atom. The molecule has 0 bridgehead atoms. The first kappa shape index (κ1) is 10.4. The highest BCUT2D eigenvalue weighted by Gasteiger charge is 2.12. The molecule has 0 unspecified atom stereocenters. The van der Waals surface area contributed by atoms with Crippen molar-refractivity contribution in [3.63, 3.8) is 0 Å². The maximum Gasteiger partial charge on any atom is 0.387 e. The number of aromatic amines is 1. The summed E-state index contributed by atoms with van der Waals surface area (Å²) < 4.78 is 28.1. The van der Waals surface area contributed by atoms with Crippen LogP contribution >= 0.6 is 0 Å². The van der Waals surface area contributed by atoms with Gasteiger partial charge in [0.1, 0.15) is 5.75 Å². The highest BCUT2D eigenvalue weighted by atomic mass is 19.3. The number of carboxylic acids is 1. The maximum absolute atomic E-state index is 12.0. The predicted molar refractivity (Wildman–Crippen MR) is 51.9 cm³/mol. The Morgan fingerprint density at radius 3 is 2.81 bits per heavy atom. The minimum absolute atomic E-state index is 0.0229. The number of nitrogens with one attached hydrogen (secondary N) is 1. The van der Waals surface area contributed by atoms with Gasteiger partial charge in [0, 0.05) is 17.1 Å². The molecule has 0 spiro atoms. The molecule has 0 aliphatic rings. The molecule has 2 rings (SSSR count). The van der Waals surface area contributed by atoms with Gasteiger partial charge in [0.25, 0.3) is 0 Å². The molecule has 6 heteroatoms. The second-order valence-electron chi connectivity index (χ2n) is 3.09. The van der Waals surface area contributed by atoms with Gasteiger partial charge in [-0.2, -0.15) is 8.78 Å². The molecule has 1 aromatic carbocycles. The van der Waals surface area contributed by atoms with Gasteiger partial charge in [-0.05, 0) is 18.2 Å². The zero-order valence-corrected chi connectivity index (χ0v) is 7.91. The van der Waals surface area contributed by atoms with E-state index in [1.807, 2.05) is 0 Å². The Hall–Kier alpha value is -2.11. The molecule has 0 atom stereocenters. The average molecular weight is 227 g/mol. The second kappa shape index (κ2) is 3.80. The number of aromatic nitrogens is 1. The summed E-state index contributed by atoms with van der Waals surface area (Å²) in [4.78, 5) is 13.5. The minimum Gasteiger partial charge on any atom is -0.478 e. The number of alkyl halides is 2. The number of ether oxygens (including phenoxy) is 1. The highest BCUT2D eigenvalue weighted by molar-refractivity contribution is 6.03. The van der Waals surface area contributed by atoms with E-state index in [-0.39, 0.29) is 11.3 Å². The Balaban J connectivity index is 2.50. The van der Waals surface area contributed by atoms with Crippen LogP contribution in [0, 0.1) is 0 Å². The minimum atomic E-state index is -2.93. The van der Waals surface area contributed by atoms with Crippen LogP contribution in [0.25, 0.3) is 10.9 Å². The molecule has 0 aliphatic carbocycles. The lowest BCUT2D eigenvalue weighted by Gasteiger charge is -2.03. The number of carbonyl (C=O) groups is 1. The van der Waals surface area contributed by atoms with E-state index >= 15 is 0 Å². The summed E-state index contributed by atoms with van der Waals surface area (Å²) in [7, 11) is 0. The summed E-state index contributed by atoms with van der Waals surface area (Å²) in [6, 6.07) is 4.09. The van der Waals surface area contributed by atoms with Gasteiger partial charge in [0.05, 0.1) is 5.56 Å². The SMILES string of the molecule is O=C(O)c1c[nH]c2ccc(OC(F)F)cc12. The molecule has 0 saturated carbocycles. The molecule has 0 fully saturated rings.